The van der Waals surface area contributed by atoms with E-state index in [-0.39, 0.29) is 11.5 Å². The lowest BCUT2D eigenvalue weighted by Gasteiger charge is -2.32. The fourth-order valence-corrected chi connectivity index (χ4v) is 1.33. The van der Waals surface area contributed by atoms with Gasteiger partial charge in [-0.25, -0.2) is 4.98 Å². The molecule has 0 amide bonds. The van der Waals surface area contributed by atoms with E-state index in [4.69, 9.17) is 5.73 Å². The van der Waals surface area contributed by atoms with Crippen LogP contribution in [-0.4, -0.2) is 60.8 Å². The van der Waals surface area contributed by atoms with Crippen LogP contribution in [0, 0.1) is 0 Å². The minimum Gasteiger partial charge on any atom is -0.368 e. The van der Waals surface area contributed by atoms with Gasteiger partial charge in [0, 0.05) is 12.1 Å². The minimum atomic E-state index is -0.0468. The molecule has 0 unspecified atom stereocenters. The quantitative estimate of drug-likeness (QED) is 0.772. The number of nitrogens with zero attached hydrogens (tertiary/aromatic N) is 7. The van der Waals surface area contributed by atoms with E-state index in [0.717, 1.165) is 0 Å². The molecule has 2 rings (SSSR count). The van der Waals surface area contributed by atoms with Crippen LogP contribution in [0.2, 0.25) is 0 Å². The molecule has 108 valence electrons. The summed E-state index contributed by atoms with van der Waals surface area (Å²) >= 11 is 0. The lowest BCUT2D eigenvalue weighted by molar-refractivity contribution is 0.209. The number of nitrogens with one attached hydrogen (secondary N) is 1. The average Bonchev–Trinajstić information content (AvgIpc) is 2.89. The molecule has 2 heterocycles. The van der Waals surface area contributed by atoms with Crippen molar-refractivity contribution in [3.63, 3.8) is 0 Å². The molecule has 0 saturated carbocycles. The van der Waals surface area contributed by atoms with Gasteiger partial charge in [-0.2, -0.15) is 24.7 Å². The van der Waals surface area contributed by atoms with Gasteiger partial charge in [-0.3, -0.25) is 0 Å². The summed E-state index contributed by atoms with van der Waals surface area (Å²) < 4.78 is 1.43. The van der Waals surface area contributed by atoms with Gasteiger partial charge in [0.25, 0.3) is 5.95 Å². The molecule has 3 N–H and O–H groups in total. The first-order valence-corrected chi connectivity index (χ1v) is 6.16. The highest BCUT2D eigenvalue weighted by atomic mass is 15.4. The fraction of sp³-hybridized carbons (Fsp3) is 0.545. The van der Waals surface area contributed by atoms with Gasteiger partial charge in [-0.15, -0.1) is 0 Å². The Bertz CT molecular complexity index is 561. The Morgan fingerprint density at radius 2 is 2.05 bits per heavy atom. The predicted octanol–water partition coefficient (Wildman–Crippen LogP) is -0.213. The lowest BCUT2D eigenvalue weighted by Crippen LogP contribution is -2.44. The number of hydrogen-bond donors (Lipinski definition) is 2. The molecule has 0 aliphatic rings. The van der Waals surface area contributed by atoms with Crippen molar-refractivity contribution in [3.8, 4) is 5.95 Å². The molecule has 0 aliphatic heterocycles. The Hall–Kier alpha value is -2.29. The Morgan fingerprint density at radius 3 is 2.65 bits per heavy atom. The van der Waals surface area contributed by atoms with Crippen LogP contribution in [-0.2, 0) is 0 Å². The van der Waals surface area contributed by atoms with Gasteiger partial charge in [0.05, 0.1) is 0 Å². The van der Waals surface area contributed by atoms with Crippen molar-refractivity contribution < 1.29 is 0 Å². The van der Waals surface area contributed by atoms with Crippen LogP contribution in [0.15, 0.2) is 12.7 Å². The maximum Gasteiger partial charge on any atom is 0.258 e. The molecule has 0 spiro atoms. The smallest absolute Gasteiger partial charge is 0.258 e. The zero-order chi connectivity index (χ0) is 14.8. The van der Waals surface area contributed by atoms with Gasteiger partial charge in [0.1, 0.15) is 12.7 Å². The second-order valence-electron chi connectivity index (χ2n) is 5.22. The molecule has 0 aliphatic carbocycles. The van der Waals surface area contributed by atoms with Crippen LogP contribution >= 0.6 is 0 Å². The highest BCUT2D eigenvalue weighted by Gasteiger charge is 2.20. The van der Waals surface area contributed by atoms with Crippen LogP contribution in [0.25, 0.3) is 5.95 Å². The van der Waals surface area contributed by atoms with E-state index < -0.39 is 0 Å². The molecular weight excluding hydrogens is 258 g/mol. The normalized spacial score (nSPS) is 11.8. The van der Waals surface area contributed by atoms with E-state index in [0.29, 0.717) is 18.4 Å². The summed E-state index contributed by atoms with van der Waals surface area (Å²) in [4.78, 5) is 18.3. The standard InChI is InChI=1S/C11H19N9/c1-11(2,19(3)4)5-14-9-16-8(12)17-10(18-9)20-7-13-6-15-20/h6-7H,5H2,1-4H3,(H3,12,14,16,17,18). The summed E-state index contributed by atoms with van der Waals surface area (Å²) in [6, 6.07) is 0. The van der Waals surface area contributed by atoms with Crippen LogP contribution in [0.4, 0.5) is 11.9 Å². The van der Waals surface area contributed by atoms with Crippen LogP contribution in [0.1, 0.15) is 13.8 Å². The minimum absolute atomic E-state index is 0.0468. The van der Waals surface area contributed by atoms with Crippen LogP contribution < -0.4 is 11.1 Å². The van der Waals surface area contributed by atoms with Crippen LogP contribution in [0.3, 0.4) is 0 Å². The third-order valence-electron chi connectivity index (χ3n) is 3.15. The second kappa shape index (κ2) is 5.37. The molecule has 2 aromatic heterocycles. The van der Waals surface area contributed by atoms with E-state index in [1.54, 1.807) is 0 Å². The molecule has 0 bridgehead atoms. The van der Waals surface area contributed by atoms with Crippen molar-refractivity contribution in [2.24, 2.45) is 0 Å². The number of nitrogen functional groups attached to an aromatic ring is 1. The largest absolute Gasteiger partial charge is 0.368 e. The molecule has 0 atom stereocenters. The Balaban J connectivity index is 2.17. The molecule has 0 saturated heterocycles. The number of anilines is 2. The van der Waals surface area contributed by atoms with E-state index in [2.05, 4.69) is 49.1 Å². The van der Waals surface area contributed by atoms with Gasteiger partial charge in [-0.1, -0.05) is 0 Å². The Labute approximate surface area is 117 Å². The summed E-state index contributed by atoms with van der Waals surface area (Å²) in [5.74, 6) is 0.883. The molecule has 0 aromatic carbocycles. The third kappa shape index (κ3) is 3.18. The van der Waals surface area contributed by atoms with E-state index >= 15 is 0 Å². The zero-order valence-electron chi connectivity index (χ0n) is 12.1. The fourth-order valence-electron chi connectivity index (χ4n) is 1.33. The number of hydrogen-bond acceptors (Lipinski definition) is 8. The summed E-state index contributed by atoms with van der Waals surface area (Å²) in [6.45, 7) is 4.89. The molecule has 0 radical (unpaired) electrons. The molecular formula is C11H19N9. The first-order valence-electron chi connectivity index (χ1n) is 6.16. The Morgan fingerprint density at radius 1 is 1.30 bits per heavy atom. The van der Waals surface area contributed by atoms with E-state index in [9.17, 15) is 0 Å². The van der Waals surface area contributed by atoms with Gasteiger partial charge < -0.3 is 16.0 Å². The van der Waals surface area contributed by atoms with E-state index in [1.165, 1.54) is 17.3 Å². The number of likely N-dealkylation sites (N-methyl/N-ethyl adjacent to an activating group) is 1. The van der Waals surface area contributed by atoms with Gasteiger partial charge >= 0.3 is 0 Å². The van der Waals surface area contributed by atoms with Crippen molar-refractivity contribution in [1.29, 1.82) is 0 Å². The summed E-state index contributed by atoms with van der Waals surface area (Å²) in [6.07, 6.45) is 2.91. The van der Waals surface area contributed by atoms with E-state index in [1.807, 2.05) is 14.1 Å². The number of rotatable bonds is 5. The maximum absolute atomic E-state index is 5.69. The second-order valence-corrected chi connectivity index (χ2v) is 5.22. The Kier molecular flexibility index (Phi) is 3.79. The SMILES string of the molecule is CN(C)C(C)(C)CNc1nc(N)nc(-n2cncn2)n1. The molecule has 9 nitrogen and oxygen atoms in total. The lowest BCUT2D eigenvalue weighted by atomic mass is 10.1. The maximum atomic E-state index is 5.69. The molecule has 0 fully saturated rings. The van der Waals surface area contributed by atoms with Crippen molar-refractivity contribution in [3.05, 3.63) is 12.7 Å². The van der Waals surface area contributed by atoms with Crippen molar-refractivity contribution >= 4 is 11.9 Å². The molecule has 2 aromatic rings. The summed E-state index contributed by atoms with van der Waals surface area (Å²) in [5.41, 5.74) is 5.64. The van der Waals surface area contributed by atoms with Crippen LogP contribution in [0.5, 0.6) is 0 Å². The third-order valence-corrected chi connectivity index (χ3v) is 3.15. The van der Waals surface area contributed by atoms with Gasteiger partial charge in [0.15, 0.2) is 0 Å². The monoisotopic (exact) mass is 277 g/mol. The van der Waals surface area contributed by atoms with Gasteiger partial charge in [-0.05, 0) is 27.9 Å². The molecule has 20 heavy (non-hydrogen) atoms. The summed E-state index contributed by atoms with van der Waals surface area (Å²) in [7, 11) is 4.04. The first kappa shape index (κ1) is 14.1. The number of nitrogens with two attached hydrogens (primary N) is 1. The number of aromatic nitrogens is 6. The average molecular weight is 277 g/mol. The topological polar surface area (TPSA) is 111 Å². The van der Waals surface area contributed by atoms with Crippen molar-refractivity contribution in [2.75, 3.05) is 31.7 Å². The van der Waals surface area contributed by atoms with Crippen molar-refractivity contribution in [1.82, 2.24) is 34.6 Å². The summed E-state index contributed by atoms with van der Waals surface area (Å²) in [5, 5.41) is 7.13. The predicted molar refractivity (Wildman–Crippen MR) is 75.4 cm³/mol. The zero-order valence-corrected chi connectivity index (χ0v) is 12.1. The molecule has 9 heteroatoms. The van der Waals surface area contributed by atoms with Crippen molar-refractivity contribution in [2.45, 2.75) is 19.4 Å². The first-order chi connectivity index (χ1) is 9.38. The highest BCUT2D eigenvalue weighted by molar-refractivity contribution is 5.35. The highest BCUT2D eigenvalue weighted by Crippen LogP contribution is 2.12. The van der Waals surface area contributed by atoms with Gasteiger partial charge in [0.2, 0.25) is 11.9 Å².